The van der Waals surface area contributed by atoms with Gasteiger partial charge >= 0.3 is 12.1 Å². The Morgan fingerprint density at radius 1 is 1.02 bits per heavy atom. The third-order valence-electron chi connectivity index (χ3n) is 9.09. The average molecular weight is 608 g/mol. The molecule has 1 aromatic carbocycles. The van der Waals surface area contributed by atoms with E-state index in [1.165, 1.54) is 31.4 Å². The van der Waals surface area contributed by atoms with Crippen LogP contribution in [0.1, 0.15) is 85.2 Å². The van der Waals surface area contributed by atoms with Crippen LogP contribution in [0.3, 0.4) is 0 Å². The van der Waals surface area contributed by atoms with E-state index in [2.05, 4.69) is 32.1 Å². The minimum Gasteiger partial charge on any atom is -0.475 e. The Labute approximate surface area is 253 Å². The van der Waals surface area contributed by atoms with Gasteiger partial charge in [0.05, 0.1) is 18.2 Å². The van der Waals surface area contributed by atoms with Gasteiger partial charge < -0.3 is 19.9 Å². The smallest absolute Gasteiger partial charge is 0.416 e. The zero-order valence-corrected chi connectivity index (χ0v) is 24.6. The molecule has 1 unspecified atom stereocenters. The Balaban J connectivity index is 1.44. The number of carboxylic acid groups (broad SMARTS) is 1. The normalized spacial score (nSPS) is 18.3. The minimum absolute atomic E-state index is 0.0124. The number of aromatic carboxylic acids is 1. The molecule has 0 bridgehead atoms. The van der Waals surface area contributed by atoms with Crippen molar-refractivity contribution in [3.05, 3.63) is 71.3 Å². The molecular weight excluding hydrogens is 571 g/mol. The fourth-order valence-electron chi connectivity index (χ4n) is 6.36. The van der Waals surface area contributed by atoms with Crippen LogP contribution in [0.2, 0.25) is 0 Å². The van der Waals surface area contributed by atoms with Crippen molar-refractivity contribution in [2.75, 3.05) is 23.3 Å². The Bertz CT molecular complexity index is 1600. The van der Waals surface area contributed by atoms with Crippen molar-refractivity contribution < 1.29 is 23.1 Å². The molecule has 1 aliphatic heterocycles. The number of anilines is 2. The first-order valence-corrected chi connectivity index (χ1v) is 15.3. The molecule has 9 nitrogen and oxygen atoms in total. The molecule has 3 aromatic heterocycles. The fourth-order valence-corrected chi connectivity index (χ4v) is 6.36. The van der Waals surface area contributed by atoms with Crippen LogP contribution < -0.4 is 10.2 Å². The lowest BCUT2D eigenvalue weighted by molar-refractivity contribution is -0.137. The predicted molar refractivity (Wildman–Crippen MR) is 161 cm³/mol. The number of alkyl halides is 3. The van der Waals surface area contributed by atoms with Crippen LogP contribution in [0, 0.1) is 11.8 Å². The maximum atomic E-state index is 13.3. The first-order chi connectivity index (χ1) is 21.2. The van der Waals surface area contributed by atoms with Gasteiger partial charge in [-0.3, -0.25) is 4.98 Å². The number of carbonyl (C=O) groups is 1. The van der Waals surface area contributed by atoms with E-state index in [4.69, 9.17) is 4.98 Å². The predicted octanol–water partition coefficient (Wildman–Crippen LogP) is 6.96. The Morgan fingerprint density at radius 3 is 2.43 bits per heavy atom. The largest absolute Gasteiger partial charge is 0.475 e. The van der Waals surface area contributed by atoms with E-state index < -0.39 is 17.7 Å². The number of fused-ring (bicyclic) bond motifs is 1. The Morgan fingerprint density at radius 2 is 1.77 bits per heavy atom. The number of benzene rings is 1. The number of carboxylic acids is 1. The second kappa shape index (κ2) is 12.4. The van der Waals surface area contributed by atoms with E-state index in [0.29, 0.717) is 47.8 Å². The molecule has 2 N–H and O–H groups in total. The lowest BCUT2D eigenvalue weighted by atomic mass is 9.75. The molecule has 0 radical (unpaired) electrons. The van der Waals surface area contributed by atoms with Crippen LogP contribution in [0.25, 0.3) is 11.2 Å². The van der Waals surface area contributed by atoms with Gasteiger partial charge in [-0.1, -0.05) is 38.3 Å². The van der Waals surface area contributed by atoms with Crippen molar-refractivity contribution in [2.45, 2.75) is 70.6 Å². The molecule has 44 heavy (non-hydrogen) atoms. The van der Waals surface area contributed by atoms with Crippen LogP contribution in [-0.2, 0) is 12.7 Å². The molecule has 4 aromatic rings. The van der Waals surface area contributed by atoms with Gasteiger partial charge in [0.2, 0.25) is 11.8 Å². The minimum atomic E-state index is -4.44. The monoisotopic (exact) mass is 607 g/mol. The maximum absolute atomic E-state index is 13.3. The highest BCUT2D eigenvalue weighted by Gasteiger charge is 2.32. The molecule has 6 rings (SSSR count). The Hall–Kier alpha value is -4.22. The lowest BCUT2D eigenvalue weighted by Crippen LogP contribution is -2.35. The average Bonchev–Trinajstić information content (AvgIpc) is 3.34. The number of hydrogen-bond acceptors (Lipinski definition) is 7. The maximum Gasteiger partial charge on any atom is 0.416 e. The molecule has 4 heterocycles. The molecule has 232 valence electrons. The van der Waals surface area contributed by atoms with Gasteiger partial charge in [-0.2, -0.15) is 18.2 Å². The van der Waals surface area contributed by atoms with Crippen LogP contribution >= 0.6 is 0 Å². The number of aromatic nitrogens is 5. The van der Waals surface area contributed by atoms with E-state index in [-0.39, 0.29) is 24.1 Å². The standard InChI is InChI=1S/C32H36F3N7O2/c1-20(22-5-4-6-22)12-17-37-27-26-28(39-29(38-27)30(43)44)40-31(41-18-3-2-7-25(41)23-13-15-36-16-14-23)42(26)19-21-8-10-24(11-9-21)32(33,34)35/h8-11,13-16,20,22,25H,2-7,12,17-19H2,1H3,(H,43,44)(H,37,38,39)/t20-,25?/m1/s1. The summed E-state index contributed by atoms with van der Waals surface area (Å²) >= 11 is 0. The van der Waals surface area contributed by atoms with Crippen molar-refractivity contribution in [3.8, 4) is 0 Å². The second-order valence-corrected chi connectivity index (χ2v) is 11.9. The van der Waals surface area contributed by atoms with Gasteiger partial charge in [-0.05, 0) is 72.9 Å². The summed E-state index contributed by atoms with van der Waals surface area (Å²) in [5.41, 5.74) is 1.76. The van der Waals surface area contributed by atoms with Gasteiger partial charge in [0, 0.05) is 25.5 Å². The van der Waals surface area contributed by atoms with Crippen LogP contribution in [-0.4, -0.2) is 48.7 Å². The van der Waals surface area contributed by atoms with Crippen molar-refractivity contribution in [3.63, 3.8) is 0 Å². The van der Waals surface area contributed by atoms with Gasteiger partial charge in [0.1, 0.15) is 5.52 Å². The molecule has 0 amide bonds. The van der Waals surface area contributed by atoms with Crippen LogP contribution in [0.4, 0.5) is 24.9 Å². The SMILES string of the molecule is C[C@H](CCNc1nc(C(=O)O)nc2nc(N3CCCCC3c3ccncc3)n(Cc3ccc(C(F)(F)F)cc3)c12)C1CCC1. The molecule has 2 fully saturated rings. The van der Waals surface area contributed by atoms with Crippen molar-refractivity contribution in [2.24, 2.45) is 11.8 Å². The fraction of sp³-hybridized carbons (Fsp3) is 0.469. The summed E-state index contributed by atoms with van der Waals surface area (Å²) in [5, 5.41) is 13.2. The topological polar surface area (TPSA) is 109 Å². The molecule has 1 saturated heterocycles. The first kappa shape index (κ1) is 29.8. The highest BCUT2D eigenvalue weighted by atomic mass is 19.4. The van der Waals surface area contributed by atoms with E-state index in [1.54, 1.807) is 12.4 Å². The second-order valence-electron chi connectivity index (χ2n) is 11.9. The molecular formula is C32H36F3N7O2. The number of imidazole rings is 1. The molecule has 1 saturated carbocycles. The van der Waals surface area contributed by atoms with E-state index in [9.17, 15) is 23.1 Å². The molecule has 1 aliphatic carbocycles. The molecule has 2 aliphatic rings. The molecule has 2 atom stereocenters. The lowest BCUT2D eigenvalue weighted by Gasteiger charge is -2.37. The van der Waals surface area contributed by atoms with Gasteiger partial charge in [0.25, 0.3) is 0 Å². The third kappa shape index (κ3) is 6.20. The summed E-state index contributed by atoms with van der Waals surface area (Å²) in [6.07, 6.45) is 6.54. The third-order valence-corrected chi connectivity index (χ3v) is 9.09. The summed E-state index contributed by atoms with van der Waals surface area (Å²) in [6.45, 7) is 3.73. The first-order valence-electron chi connectivity index (χ1n) is 15.3. The summed E-state index contributed by atoms with van der Waals surface area (Å²) in [6, 6.07) is 9.03. The highest BCUT2D eigenvalue weighted by molar-refractivity contribution is 5.91. The van der Waals surface area contributed by atoms with Crippen molar-refractivity contribution in [1.29, 1.82) is 0 Å². The number of hydrogen-bond donors (Lipinski definition) is 2. The summed E-state index contributed by atoms with van der Waals surface area (Å²) in [7, 11) is 0. The van der Waals surface area contributed by atoms with Crippen molar-refractivity contribution >= 4 is 28.9 Å². The Kier molecular flexibility index (Phi) is 8.42. The van der Waals surface area contributed by atoms with Crippen LogP contribution in [0.15, 0.2) is 48.8 Å². The van der Waals surface area contributed by atoms with Crippen LogP contribution in [0.5, 0.6) is 0 Å². The van der Waals surface area contributed by atoms with E-state index >= 15 is 0 Å². The van der Waals surface area contributed by atoms with E-state index in [0.717, 1.165) is 43.4 Å². The van der Waals surface area contributed by atoms with Gasteiger partial charge in [-0.15, -0.1) is 0 Å². The quantitative estimate of drug-likeness (QED) is 0.199. The summed E-state index contributed by atoms with van der Waals surface area (Å²) in [5.74, 6) is 0.541. The van der Waals surface area contributed by atoms with Crippen molar-refractivity contribution in [1.82, 2.24) is 24.5 Å². The number of nitrogens with zero attached hydrogens (tertiary/aromatic N) is 6. The zero-order chi connectivity index (χ0) is 30.8. The number of halogens is 3. The molecule has 12 heteroatoms. The van der Waals surface area contributed by atoms with E-state index in [1.807, 2.05) is 16.7 Å². The van der Waals surface area contributed by atoms with Gasteiger partial charge in [0.15, 0.2) is 11.5 Å². The van der Waals surface area contributed by atoms with Gasteiger partial charge in [-0.25, -0.2) is 14.8 Å². The number of pyridine rings is 1. The summed E-state index contributed by atoms with van der Waals surface area (Å²) in [4.78, 5) is 32.0. The number of rotatable bonds is 10. The molecule has 0 spiro atoms. The number of nitrogens with one attached hydrogen (secondary N) is 1. The summed E-state index contributed by atoms with van der Waals surface area (Å²) < 4.78 is 41.9. The number of piperidine rings is 1. The highest BCUT2D eigenvalue weighted by Crippen LogP contribution is 2.38. The zero-order valence-electron chi connectivity index (χ0n) is 24.6.